The number of thiophene rings is 1. The van der Waals surface area contributed by atoms with E-state index in [0.717, 1.165) is 4.88 Å². The van der Waals surface area contributed by atoms with Crippen molar-refractivity contribution in [1.29, 1.82) is 0 Å². The molecule has 0 aliphatic heterocycles. The summed E-state index contributed by atoms with van der Waals surface area (Å²) in [4.78, 5) is 12.4. The molecule has 3 nitrogen and oxygen atoms in total. The molecule has 0 saturated heterocycles. The second-order valence-corrected chi connectivity index (χ2v) is 6.54. The van der Waals surface area contributed by atoms with Crippen molar-refractivity contribution in [3.05, 3.63) is 21.9 Å². The molecule has 1 heterocycles. The van der Waals surface area contributed by atoms with Gasteiger partial charge in [-0.2, -0.15) is 22.0 Å². The third-order valence-corrected chi connectivity index (χ3v) is 4.67. The van der Waals surface area contributed by atoms with Gasteiger partial charge in [-0.05, 0) is 37.8 Å². The van der Waals surface area contributed by atoms with Crippen molar-refractivity contribution in [2.75, 3.05) is 7.11 Å². The Bertz CT molecular complexity index is 527. The van der Waals surface area contributed by atoms with E-state index in [2.05, 4.69) is 4.74 Å². The predicted molar refractivity (Wildman–Crippen MR) is 79.1 cm³/mol. The van der Waals surface area contributed by atoms with Gasteiger partial charge in [0.2, 0.25) is 0 Å². The number of rotatable bonds is 9. The highest BCUT2D eigenvalue weighted by Crippen LogP contribution is 2.40. The third-order valence-electron chi connectivity index (χ3n) is 3.43. The van der Waals surface area contributed by atoms with Crippen molar-refractivity contribution in [3.8, 4) is 0 Å². The lowest BCUT2D eigenvalue weighted by Crippen LogP contribution is -2.36. The van der Waals surface area contributed by atoms with Crippen molar-refractivity contribution in [1.82, 2.24) is 0 Å². The molecule has 0 aromatic carbocycles. The molecule has 0 aliphatic carbocycles. The average Bonchev–Trinajstić information content (AvgIpc) is 2.94. The Hall–Kier alpha value is -1.22. The van der Waals surface area contributed by atoms with Crippen molar-refractivity contribution in [2.45, 2.75) is 56.7 Å². The highest BCUT2D eigenvalue weighted by atomic mass is 32.1. The van der Waals surface area contributed by atoms with Gasteiger partial charge < -0.3 is 9.84 Å². The summed E-state index contributed by atoms with van der Waals surface area (Å²) in [5.41, 5.74) is 0. The molecule has 1 N–H and O–H groups in total. The van der Waals surface area contributed by atoms with Gasteiger partial charge in [0.25, 0.3) is 0 Å². The second-order valence-electron chi connectivity index (χ2n) is 5.34. The fourth-order valence-electron chi connectivity index (χ4n) is 2.02. The van der Waals surface area contributed by atoms with Crippen molar-refractivity contribution < 1.29 is 36.6 Å². The van der Waals surface area contributed by atoms with E-state index < -0.39 is 31.0 Å². The Morgan fingerprint density at radius 1 is 1.25 bits per heavy atom. The summed E-state index contributed by atoms with van der Waals surface area (Å²) in [7, 11) is 1.30. The lowest BCUT2D eigenvalue weighted by atomic mass is 10.1. The van der Waals surface area contributed by atoms with Crippen LogP contribution in [0.25, 0.3) is 0 Å². The molecule has 138 valence electrons. The van der Waals surface area contributed by atoms with Gasteiger partial charge in [-0.3, -0.25) is 4.79 Å². The van der Waals surface area contributed by atoms with Crippen LogP contribution < -0.4 is 0 Å². The smallest absolute Gasteiger partial charge is 0.453 e. The number of hydrogen-bond donors (Lipinski definition) is 1. The maximum atomic E-state index is 12.8. The van der Waals surface area contributed by atoms with Crippen molar-refractivity contribution in [3.63, 3.8) is 0 Å². The minimum absolute atomic E-state index is 0.173. The van der Waals surface area contributed by atoms with Gasteiger partial charge in [0, 0.05) is 22.6 Å². The van der Waals surface area contributed by atoms with Gasteiger partial charge in [0.05, 0.1) is 13.2 Å². The van der Waals surface area contributed by atoms with Crippen LogP contribution in [-0.4, -0.2) is 30.3 Å². The molecule has 0 saturated carbocycles. The number of carbonyl (C=O) groups excluding carboxylic acids is 1. The molecule has 24 heavy (non-hydrogen) atoms. The first kappa shape index (κ1) is 20.8. The third kappa shape index (κ3) is 6.35. The van der Waals surface area contributed by atoms with Gasteiger partial charge in [-0.15, -0.1) is 11.3 Å². The lowest BCUT2D eigenvalue weighted by molar-refractivity contribution is -0.284. The first-order chi connectivity index (χ1) is 11.1. The molecule has 0 radical (unpaired) electrons. The van der Waals surface area contributed by atoms with E-state index in [9.17, 15) is 31.9 Å². The summed E-state index contributed by atoms with van der Waals surface area (Å²) < 4.78 is 66.2. The van der Waals surface area contributed by atoms with Crippen LogP contribution in [0.1, 0.15) is 48.0 Å². The van der Waals surface area contributed by atoms with Gasteiger partial charge in [-0.1, -0.05) is 0 Å². The number of aliphatic hydroxyl groups excluding tert-OH is 1. The number of ether oxygens (including phenoxy) is 1. The van der Waals surface area contributed by atoms with Gasteiger partial charge in [-0.25, -0.2) is 0 Å². The Balaban J connectivity index is 2.41. The summed E-state index contributed by atoms with van der Waals surface area (Å²) >= 11 is 1.25. The zero-order valence-electron chi connectivity index (χ0n) is 13.0. The number of halogens is 5. The summed E-state index contributed by atoms with van der Waals surface area (Å²) in [6, 6.07) is 3.36. The molecule has 0 aliphatic rings. The fourth-order valence-corrected chi connectivity index (χ4v) is 3.09. The number of methoxy groups -OCH3 is 1. The van der Waals surface area contributed by atoms with Crippen LogP contribution in [-0.2, 0) is 16.0 Å². The molecule has 0 bridgehead atoms. The molecule has 1 atom stereocenters. The van der Waals surface area contributed by atoms with Crippen LogP contribution >= 0.6 is 11.3 Å². The minimum Gasteiger partial charge on any atom is -0.469 e. The van der Waals surface area contributed by atoms with E-state index in [1.165, 1.54) is 18.4 Å². The molecule has 1 aromatic heterocycles. The number of aliphatic hydroxyl groups is 1. The summed E-state index contributed by atoms with van der Waals surface area (Å²) in [5, 5.41) is 9.90. The summed E-state index contributed by atoms with van der Waals surface area (Å²) in [6.07, 6.45) is -7.17. The normalized spacial score (nSPS) is 13.8. The van der Waals surface area contributed by atoms with E-state index in [-0.39, 0.29) is 18.8 Å². The quantitative estimate of drug-likeness (QED) is 0.506. The van der Waals surface area contributed by atoms with E-state index in [4.69, 9.17) is 0 Å². The molecule has 1 rings (SSSR count). The molecule has 1 unspecified atom stereocenters. The minimum atomic E-state index is -5.56. The largest absolute Gasteiger partial charge is 0.469 e. The van der Waals surface area contributed by atoms with E-state index in [0.29, 0.717) is 17.7 Å². The van der Waals surface area contributed by atoms with Crippen LogP contribution in [0.15, 0.2) is 12.1 Å². The molecular weight excluding hydrogens is 355 g/mol. The first-order valence-electron chi connectivity index (χ1n) is 7.35. The molecule has 0 spiro atoms. The molecule has 0 amide bonds. The summed E-state index contributed by atoms with van der Waals surface area (Å²) in [6.45, 7) is 0. The zero-order valence-corrected chi connectivity index (χ0v) is 13.9. The number of alkyl halides is 5. The van der Waals surface area contributed by atoms with Crippen LogP contribution in [0, 0.1) is 0 Å². The standard InChI is InChI=1S/C15H19F5O3S/c1-23-13(22)6-2-4-10-7-8-12(24-10)11(21)5-3-9-14(16,17)15(18,19)20/h7-8,11,21H,2-6,9H2,1H3. The maximum absolute atomic E-state index is 12.8. The van der Waals surface area contributed by atoms with Crippen LogP contribution in [0.4, 0.5) is 22.0 Å². The van der Waals surface area contributed by atoms with Crippen LogP contribution in [0.3, 0.4) is 0 Å². The molecule has 0 fully saturated rings. The monoisotopic (exact) mass is 374 g/mol. The van der Waals surface area contributed by atoms with Gasteiger partial charge in [0.15, 0.2) is 0 Å². The van der Waals surface area contributed by atoms with Crippen LogP contribution in [0.2, 0.25) is 0 Å². The Morgan fingerprint density at radius 3 is 2.50 bits per heavy atom. The second kappa shape index (κ2) is 8.75. The molecule has 1 aromatic rings. The zero-order chi connectivity index (χ0) is 18.4. The first-order valence-corrected chi connectivity index (χ1v) is 8.16. The number of aryl methyl sites for hydroxylation is 1. The number of carbonyl (C=O) groups is 1. The Labute approximate surface area is 140 Å². The maximum Gasteiger partial charge on any atom is 0.453 e. The van der Waals surface area contributed by atoms with Crippen molar-refractivity contribution >= 4 is 17.3 Å². The van der Waals surface area contributed by atoms with E-state index in [1.54, 1.807) is 12.1 Å². The topological polar surface area (TPSA) is 46.5 Å². The predicted octanol–water partition coefficient (Wildman–Crippen LogP) is 4.65. The van der Waals surface area contributed by atoms with Crippen molar-refractivity contribution in [2.24, 2.45) is 0 Å². The molecular formula is C15H19F5O3S. The van der Waals surface area contributed by atoms with Crippen LogP contribution in [0.5, 0.6) is 0 Å². The van der Waals surface area contributed by atoms with Gasteiger partial charge >= 0.3 is 18.1 Å². The summed E-state index contributed by atoms with van der Waals surface area (Å²) in [5.74, 6) is -5.06. The number of hydrogen-bond acceptors (Lipinski definition) is 4. The highest BCUT2D eigenvalue weighted by molar-refractivity contribution is 7.12. The fraction of sp³-hybridized carbons (Fsp3) is 0.667. The SMILES string of the molecule is COC(=O)CCCc1ccc(C(O)CCCC(F)(F)C(F)(F)F)s1. The van der Waals surface area contributed by atoms with Gasteiger partial charge in [0.1, 0.15) is 0 Å². The Morgan fingerprint density at radius 2 is 1.92 bits per heavy atom. The van der Waals surface area contributed by atoms with E-state index in [1.807, 2.05) is 0 Å². The Kier molecular flexibility index (Phi) is 7.59. The lowest BCUT2D eigenvalue weighted by Gasteiger charge is -2.19. The average molecular weight is 374 g/mol. The molecule has 9 heteroatoms. The highest BCUT2D eigenvalue weighted by Gasteiger charge is 2.56. The number of esters is 1. The van der Waals surface area contributed by atoms with E-state index >= 15 is 0 Å².